The number of hydrogen-bond donors (Lipinski definition) is 1. The number of carbonyl (C=O) groups is 1. The summed E-state index contributed by atoms with van der Waals surface area (Å²) in [6, 6.07) is 10.2. The zero-order chi connectivity index (χ0) is 16.6. The molecule has 0 aliphatic heterocycles. The number of para-hydroxylation sites is 1. The summed E-state index contributed by atoms with van der Waals surface area (Å²) >= 11 is 0. The second-order valence-corrected chi connectivity index (χ2v) is 5.84. The first kappa shape index (κ1) is 15.3. The van der Waals surface area contributed by atoms with Gasteiger partial charge < -0.3 is 9.88 Å². The van der Waals surface area contributed by atoms with E-state index in [0.717, 1.165) is 40.2 Å². The van der Waals surface area contributed by atoms with E-state index in [1.54, 1.807) is 0 Å². The predicted octanol–water partition coefficient (Wildman–Crippen LogP) is 3.42. The Bertz CT molecular complexity index is 873. The Kier molecular flexibility index (Phi) is 3.94. The maximum absolute atomic E-state index is 12.5. The highest BCUT2D eigenvalue weighted by Gasteiger charge is 2.15. The van der Waals surface area contributed by atoms with E-state index in [2.05, 4.69) is 22.5 Å². The number of fused-ring (bicyclic) bond motifs is 1. The minimum Gasteiger partial charge on any atom is -0.335 e. The Labute approximate surface area is 135 Å². The second-order valence-electron chi connectivity index (χ2n) is 5.84. The predicted molar refractivity (Wildman–Crippen MR) is 92.7 cm³/mol. The number of carbonyl (C=O) groups excluding carboxylic acids is 1. The van der Waals surface area contributed by atoms with Gasteiger partial charge in [0.05, 0.1) is 17.1 Å². The van der Waals surface area contributed by atoms with E-state index in [4.69, 9.17) is 0 Å². The molecule has 1 aromatic carbocycles. The number of aryl methyl sites for hydroxylation is 3. The standard InChI is InChI=1S/C18H22N4O/c1-5-22-14(4)18(13(3)20-22)19-17(23)11-21-12(2)10-15-8-6-7-9-16(15)21/h6-10H,5,11H2,1-4H3,(H,19,23). The van der Waals surface area contributed by atoms with Crippen LogP contribution in [-0.4, -0.2) is 20.3 Å². The van der Waals surface area contributed by atoms with Crippen molar-refractivity contribution < 1.29 is 4.79 Å². The number of benzene rings is 1. The molecule has 5 heteroatoms. The van der Waals surface area contributed by atoms with Crippen LogP contribution in [0.2, 0.25) is 0 Å². The fourth-order valence-electron chi connectivity index (χ4n) is 3.07. The van der Waals surface area contributed by atoms with Crippen molar-refractivity contribution in [3.8, 4) is 0 Å². The molecule has 5 nitrogen and oxygen atoms in total. The lowest BCUT2D eigenvalue weighted by Gasteiger charge is -2.10. The molecule has 1 N–H and O–H groups in total. The van der Waals surface area contributed by atoms with Crippen LogP contribution in [-0.2, 0) is 17.9 Å². The van der Waals surface area contributed by atoms with Crippen molar-refractivity contribution in [2.24, 2.45) is 0 Å². The number of nitrogens with one attached hydrogen (secondary N) is 1. The highest BCUT2D eigenvalue weighted by atomic mass is 16.2. The quantitative estimate of drug-likeness (QED) is 0.802. The van der Waals surface area contributed by atoms with Crippen molar-refractivity contribution in [1.29, 1.82) is 0 Å². The van der Waals surface area contributed by atoms with Gasteiger partial charge in [-0.1, -0.05) is 18.2 Å². The van der Waals surface area contributed by atoms with Gasteiger partial charge in [0.1, 0.15) is 6.54 Å². The number of amides is 1. The third-order valence-electron chi connectivity index (χ3n) is 4.26. The molecule has 0 saturated heterocycles. The van der Waals surface area contributed by atoms with Crippen molar-refractivity contribution in [2.45, 2.75) is 40.8 Å². The summed E-state index contributed by atoms with van der Waals surface area (Å²) in [4.78, 5) is 12.5. The van der Waals surface area contributed by atoms with E-state index >= 15 is 0 Å². The monoisotopic (exact) mass is 310 g/mol. The lowest BCUT2D eigenvalue weighted by molar-refractivity contribution is -0.116. The number of rotatable bonds is 4. The molecule has 1 amide bonds. The summed E-state index contributed by atoms with van der Waals surface area (Å²) in [5.74, 6) is -0.0312. The molecular weight excluding hydrogens is 288 g/mol. The third kappa shape index (κ3) is 2.74. The largest absolute Gasteiger partial charge is 0.335 e. The molecule has 0 spiro atoms. The third-order valence-corrected chi connectivity index (χ3v) is 4.26. The minimum absolute atomic E-state index is 0.0312. The number of hydrogen-bond acceptors (Lipinski definition) is 2. The lowest BCUT2D eigenvalue weighted by Crippen LogP contribution is -2.20. The molecule has 2 aromatic heterocycles. The molecule has 3 aromatic rings. The van der Waals surface area contributed by atoms with Crippen LogP contribution in [0.4, 0.5) is 5.69 Å². The zero-order valence-corrected chi connectivity index (χ0v) is 14.1. The summed E-state index contributed by atoms with van der Waals surface area (Å²) in [7, 11) is 0. The summed E-state index contributed by atoms with van der Waals surface area (Å²) in [5.41, 5.74) is 4.84. The SMILES string of the molecule is CCn1nc(C)c(NC(=O)Cn2c(C)cc3ccccc32)c1C. The van der Waals surface area contributed by atoms with Gasteiger partial charge in [0.15, 0.2) is 0 Å². The maximum atomic E-state index is 12.5. The van der Waals surface area contributed by atoms with Crippen molar-refractivity contribution in [1.82, 2.24) is 14.3 Å². The molecule has 0 saturated carbocycles. The topological polar surface area (TPSA) is 51.9 Å². The summed E-state index contributed by atoms with van der Waals surface area (Å²) in [6.07, 6.45) is 0. The van der Waals surface area contributed by atoms with Crippen LogP contribution < -0.4 is 5.32 Å². The van der Waals surface area contributed by atoms with Gasteiger partial charge in [-0.15, -0.1) is 0 Å². The van der Waals surface area contributed by atoms with Crippen LogP contribution in [0.1, 0.15) is 24.0 Å². The first-order chi connectivity index (χ1) is 11.0. The molecular formula is C18H22N4O. The molecule has 3 rings (SSSR count). The van der Waals surface area contributed by atoms with E-state index in [-0.39, 0.29) is 5.91 Å². The normalized spacial score (nSPS) is 11.1. The van der Waals surface area contributed by atoms with E-state index in [1.807, 2.05) is 55.1 Å². The molecule has 120 valence electrons. The van der Waals surface area contributed by atoms with Crippen LogP contribution in [0.3, 0.4) is 0 Å². The lowest BCUT2D eigenvalue weighted by atomic mass is 10.2. The van der Waals surface area contributed by atoms with Gasteiger partial charge in [-0.05, 0) is 45.2 Å². The fraction of sp³-hybridized carbons (Fsp3) is 0.333. The Morgan fingerprint density at radius 2 is 1.96 bits per heavy atom. The molecule has 0 bridgehead atoms. The van der Waals surface area contributed by atoms with Gasteiger partial charge in [-0.3, -0.25) is 9.48 Å². The highest BCUT2D eigenvalue weighted by Crippen LogP contribution is 2.21. The average Bonchev–Trinajstić information content (AvgIpc) is 2.98. The Morgan fingerprint density at radius 3 is 2.65 bits per heavy atom. The van der Waals surface area contributed by atoms with E-state index in [0.29, 0.717) is 6.54 Å². The van der Waals surface area contributed by atoms with Crippen LogP contribution >= 0.6 is 0 Å². The molecule has 0 aliphatic rings. The Morgan fingerprint density at radius 1 is 1.22 bits per heavy atom. The number of anilines is 1. The second kappa shape index (κ2) is 5.91. The van der Waals surface area contributed by atoms with Gasteiger partial charge in [0.25, 0.3) is 0 Å². The van der Waals surface area contributed by atoms with Crippen molar-refractivity contribution in [2.75, 3.05) is 5.32 Å². The van der Waals surface area contributed by atoms with Crippen LogP contribution in [0, 0.1) is 20.8 Å². The first-order valence-electron chi connectivity index (χ1n) is 7.90. The molecule has 0 atom stereocenters. The molecule has 23 heavy (non-hydrogen) atoms. The molecule has 0 unspecified atom stereocenters. The Balaban J connectivity index is 1.85. The molecule has 0 fully saturated rings. The Hall–Kier alpha value is -2.56. The smallest absolute Gasteiger partial charge is 0.244 e. The maximum Gasteiger partial charge on any atom is 0.244 e. The minimum atomic E-state index is -0.0312. The van der Waals surface area contributed by atoms with Gasteiger partial charge >= 0.3 is 0 Å². The first-order valence-corrected chi connectivity index (χ1v) is 7.90. The number of aromatic nitrogens is 3. The van der Waals surface area contributed by atoms with Crippen molar-refractivity contribution in [3.05, 3.63) is 47.4 Å². The van der Waals surface area contributed by atoms with E-state index in [1.165, 1.54) is 0 Å². The van der Waals surface area contributed by atoms with Gasteiger partial charge in [0, 0.05) is 17.8 Å². The fourth-order valence-corrected chi connectivity index (χ4v) is 3.07. The molecule has 0 radical (unpaired) electrons. The molecule has 2 heterocycles. The van der Waals surface area contributed by atoms with Crippen molar-refractivity contribution >= 4 is 22.5 Å². The summed E-state index contributed by atoms with van der Waals surface area (Å²) < 4.78 is 3.95. The average molecular weight is 310 g/mol. The van der Waals surface area contributed by atoms with Gasteiger partial charge in [-0.25, -0.2) is 0 Å². The van der Waals surface area contributed by atoms with Gasteiger partial charge in [0.2, 0.25) is 5.91 Å². The highest BCUT2D eigenvalue weighted by molar-refractivity contribution is 5.93. The summed E-state index contributed by atoms with van der Waals surface area (Å²) in [6.45, 7) is 9.07. The zero-order valence-electron chi connectivity index (χ0n) is 14.1. The van der Waals surface area contributed by atoms with Gasteiger partial charge in [-0.2, -0.15) is 5.10 Å². The van der Waals surface area contributed by atoms with Crippen LogP contribution in [0.5, 0.6) is 0 Å². The number of nitrogens with zero attached hydrogens (tertiary/aromatic N) is 3. The van der Waals surface area contributed by atoms with Crippen molar-refractivity contribution in [3.63, 3.8) is 0 Å². The van der Waals surface area contributed by atoms with E-state index < -0.39 is 0 Å². The summed E-state index contributed by atoms with van der Waals surface area (Å²) in [5, 5.41) is 8.62. The van der Waals surface area contributed by atoms with Crippen LogP contribution in [0.15, 0.2) is 30.3 Å². The molecule has 0 aliphatic carbocycles. The van der Waals surface area contributed by atoms with E-state index in [9.17, 15) is 4.79 Å². The van der Waals surface area contributed by atoms with Crippen LogP contribution in [0.25, 0.3) is 10.9 Å².